The Morgan fingerprint density at radius 2 is 1.65 bits per heavy atom. The molecule has 0 spiro atoms. The van der Waals surface area contributed by atoms with Crippen molar-refractivity contribution < 1.29 is 13.6 Å². The number of aryl methyl sites for hydroxylation is 1. The molecule has 0 saturated carbocycles. The lowest BCUT2D eigenvalue weighted by Gasteiger charge is -2.28. The number of carbonyl (C=O) groups excluding carboxylic acids is 1. The molecular formula is C22H20FNO2. The second-order valence-corrected chi connectivity index (χ2v) is 6.10. The van der Waals surface area contributed by atoms with E-state index in [1.54, 1.807) is 30.2 Å². The van der Waals surface area contributed by atoms with Crippen LogP contribution in [0.1, 0.15) is 28.7 Å². The van der Waals surface area contributed by atoms with E-state index in [1.807, 2.05) is 49.4 Å². The molecule has 0 bridgehead atoms. The van der Waals surface area contributed by atoms with Crippen LogP contribution in [0.2, 0.25) is 0 Å². The molecule has 26 heavy (non-hydrogen) atoms. The molecule has 3 nitrogen and oxygen atoms in total. The van der Waals surface area contributed by atoms with E-state index in [4.69, 9.17) is 4.42 Å². The Bertz CT molecular complexity index is 897. The van der Waals surface area contributed by atoms with E-state index >= 15 is 0 Å². The highest BCUT2D eigenvalue weighted by atomic mass is 19.1. The summed E-state index contributed by atoms with van der Waals surface area (Å²) in [5.41, 5.74) is 1.80. The number of likely N-dealkylation sites (N-methyl/N-ethyl adjacent to an activating group) is 1. The maximum Gasteiger partial charge on any atom is 0.247 e. The fraction of sp³-hybridized carbons (Fsp3) is 0.136. The van der Waals surface area contributed by atoms with Crippen LogP contribution in [0, 0.1) is 12.7 Å². The molecule has 3 aromatic rings. The largest absolute Gasteiger partial charge is 0.462 e. The first-order valence-electron chi connectivity index (χ1n) is 8.36. The van der Waals surface area contributed by atoms with Crippen molar-refractivity contribution >= 4 is 12.0 Å². The summed E-state index contributed by atoms with van der Waals surface area (Å²) < 4.78 is 18.8. The molecule has 1 amide bonds. The Balaban J connectivity index is 1.89. The van der Waals surface area contributed by atoms with Gasteiger partial charge in [-0.1, -0.05) is 42.5 Å². The summed E-state index contributed by atoms with van der Waals surface area (Å²) in [4.78, 5) is 14.3. The van der Waals surface area contributed by atoms with Crippen molar-refractivity contribution in [2.75, 3.05) is 7.05 Å². The molecule has 0 saturated heterocycles. The molecule has 1 unspecified atom stereocenters. The molecule has 1 aromatic heterocycles. The van der Waals surface area contributed by atoms with Crippen molar-refractivity contribution in [1.82, 2.24) is 4.90 Å². The first-order chi connectivity index (χ1) is 12.5. The van der Waals surface area contributed by atoms with E-state index < -0.39 is 0 Å². The number of amides is 1. The van der Waals surface area contributed by atoms with Gasteiger partial charge in [-0.3, -0.25) is 4.79 Å². The second kappa shape index (κ2) is 7.83. The number of rotatable bonds is 5. The van der Waals surface area contributed by atoms with Crippen molar-refractivity contribution in [2.45, 2.75) is 13.0 Å². The fourth-order valence-corrected chi connectivity index (χ4v) is 2.86. The highest BCUT2D eigenvalue weighted by Gasteiger charge is 2.22. The minimum absolute atomic E-state index is 0.169. The number of nitrogens with zero attached hydrogens (tertiary/aromatic N) is 1. The summed E-state index contributed by atoms with van der Waals surface area (Å²) in [6.45, 7) is 1.85. The molecule has 0 radical (unpaired) electrons. The summed E-state index contributed by atoms with van der Waals surface area (Å²) in [5, 5.41) is 0. The van der Waals surface area contributed by atoms with Gasteiger partial charge in [0.1, 0.15) is 17.3 Å². The van der Waals surface area contributed by atoms with Crippen LogP contribution < -0.4 is 0 Å². The molecule has 1 heterocycles. The van der Waals surface area contributed by atoms with Gasteiger partial charge in [0.15, 0.2) is 0 Å². The van der Waals surface area contributed by atoms with E-state index in [1.165, 1.54) is 18.2 Å². The number of halogens is 1. The Hall–Kier alpha value is -3.14. The van der Waals surface area contributed by atoms with Crippen LogP contribution in [0.4, 0.5) is 4.39 Å². The molecule has 0 aliphatic carbocycles. The van der Waals surface area contributed by atoms with E-state index in [9.17, 15) is 9.18 Å². The van der Waals surface area contributed by atoms with Gasteiger partial charge < -0.3 is 9.32 Å². The number of hydrogen-bond donors (Lipinski definition) is 0. The smallest absolute Gasteiger partial charge is 0.247 e. The van der Waals surface area contributed by atoms with Crippen molar-refractivity contribution in [1.29, 1.82) is 0 Å². The zero-order valence-corrected chi connectivity index (χ0v) is 14.7. The SMILES string of the molecule is Cc1ccc(/C=C/C(=O)N(C)C(c2ccccc2)c2ccc(F)cc2)o1. The molecule has 0 aliphatic rings. The number of benzene rings is 2. The lowest BCUT2D eigenvalue weighted by atomic mass is 9.97. The van der Waals surface area contributed by atoms with Gasteiger partial charge in [-0.15, -0.1) is 0 Å². The van der Waals surface area contributed by atoms with Gasteiger partial charge in [-0.05, 0) is 48.4 Å². The standard InChI is InChI=1S/C22H20FNO2/c1-16-8-13-20(26-16)14-15-21(25)24(2)22(17-6-4-3-5-7-17)18-9-11-19(23)12-10-18/h3-15,22H,1-2H3/b15-14+. The fourth-order valence-electron chi connectivity index (χ4n) is 2.86. The predicted octanol–water partition coefficient (Wildman–Crippen LogP) is 4.99. The average Bonchev–Trinajstić information content (AvgIpc) is 3.07. The summed E-state index contributed by atoms with van der Waals surface area (Å²) in [5.74, 6) is 0.945. The Labute approximate surface area is 152 Å². The maximum atomic E-state index is 13.3. The van der Waals surface area contributed by atoms with Gasteiger partial charge in [-0.2, -0.15) is 0 Å². The van der Waals surface area contributed by atoms with E-state index in [-0.39, 0.29) is 17.8 Å². The molecule has 132 valence electrons. The first-order valence-corrected chi connectivity index (χ1v) is 8.36. The number of hydrogen-bond acceptors (Lipinski definition) is 2. The van der Waals surface area contributed by atoms with E-state index in [0.29, 0.717) is 5.76 Å². The van der Waals surface area contributed by atoms with Gasteiger partial charge in [0.25, 0.3) is 0 Å². The Morgan fingerprint density at radius 1 is 1.00 bits per heavy atom. The molecule has 3 rings (SSSR count). The number of carbonyl (C=O) groups is 1. The Kier molecular flexibility index (Phi) is 5.32. The van der Waals surface area contributed by atoms with Crippen molar-refractivity contribution in [3.8, 4) is 0 Å². The highest BCUT2D eigenvalue weighted by molar-refractivity contribution is 5.91. The molecule has 0 N–H and O–H groups in total. The summed E-state index contributed by atoms with van der Waals surface area (Å²) in [7, 11) is 1.74. The van der Waals surface area contributed by atoms with E-state index in [2.05, 4.69) is 0 Å². The first kappa shape index (κ1) is 17.7. The molecule has 0 aliphatic heterocycles. The lowest BCUT2D eigenvalue weighted by Crippen LogP contribution is -2.30. The zero-order valence-electron chi connectivity index (χ0n) is 14.7. The minimum atomic E-state index is -0.313. The minimum Gasteiger partial charge on any atom is -0.462 e. The normalized spacial score (nSPS) is 12.3. The molecule has 4 heteroatoms. The van der Waals surface area contributed by atoms with Crippen LogP contribution in [0.3, 0.4) is 0 Å². The van der Waals surface area contributed by atoms with E-state index in [0.717, 1.165) is 16.9 Å². The van der Waals surface area contributed by atoms with Gasteiger partial charge in [0, 0.05) is 13.1 Å². The molecular weight excluding hydrogens is 329 g/mol. The van der Waals surface area contributed by atoms with Gasteiger partial charge in [-0.25, -0.2) is 4.39 Å². The molecule has 1 atom stereocenters. The van der Waals surface area contributed by atoms with Gasteiger partial charge in [0.2, 0.25) is 5.91 Å². The van der Waals surface area contributed by atoms with Crippen LogP contribution in [-0.4, -0.2) is 17.9 Å². The van der Waals surface area contributed by atoms with Crippen LogP contribution in [0.25, 0.3) is 6.08 Å². The maximum absolute atomic E-state index is 13.3. The molecule has 2 aromatic carbocycles. The van der Waals surface area contributed by atoms with Crippen molar-refractivity contribution in [2.24, 2.45) is 0 Å². The summed E-state index contributed by atoms with van der Waals surface area (Å²) >= 11 is 0. The third-order valence-electron chi connectivity index (χ3n) is 4.19. The van der Waals surface area contributed by atoms with Crippen LogP contribution >= 0.6 is 0 Å². The average molecular weight is 349 g/mol. The Morgan fingerprint density at radius 3 is 2.27 bits per heavy atom. The highest BCUT2D eigenvalue weighted by Crippen LogP contribution is 2.28. The van der Waals surface area contributed by atoms with Crippen LogP contribution in [0.5, 0.6) is 0 Å². The quantitative estimate of drug-likeness (QED) is 0.608. The van der Waals surface area contributed by atoms with Crippen LogP contribution in [0.15, 0.2) is 77.2 Å². The zero-order chi connectivity index (χ0) is 18.5. The second-order valence-electron chi connectivity index (χ2n) is 6.10. The third kappa shape index (κ3) is 4.09. The predicted molar refractivity (Wildman–Crippen MR) is 99.9 cm³/mol. The van der Waals surface area contributed by atoms with Gasteiger partial charge in [0.05, 0.1) is 6.04 Å². The molecule has 0 fully saturated rings. The summed E-state index contributed by atoms with van der Waals surface area (Å²) in [6, 6.07) is 19.3. The van der Waals surface area contributed by atoms with Crippen molar-refractivity contribution in [3.05, 3.63) is 101 Å². The lowest BCUT2D eigenvalue weighted by molar-refractivity contribution is -0.126. The number of furan rings is 1. The monoisotopic (exact) mass is 349 g/mol. The topological polar surface area (TPSA) is 33.5 Å². The van der Waals surface area contributed by atoms with Gasteiger partial charge >= 0.3 is 0 Å². The summed E-state index contributed by atoms with van der Waals surface area (Å²) in [6.07, 6.45) is 3.14. The third-order valence-corrected chi connectivity index (χ3v) is 4.19. The van der Waals surface area contributed by atoms with Crippen molar-refractivity contribution in [3.63, 3.8) is 0 Å². The van der Waals surface area contributed by atoms with Crippen LogP contribution in [-0.2, 0) is 4.79 Å².